The Morgan fingerprint density at radius 3 is 2.18 bits per heavy atom. The summed E-state index contributed by atoms with van der Waals surface area (Å²) >= 11 is 0. The van der Waals surface area contributed by atoms with E-state index in [1.54, 1.807) is 31.4 Å². The number of methoxy groups -OCH3 is 1. The molecule has 2 rings (SSSR count). The lowest BCUT2D eigenvalue weighted by molar-refractivity contribution is -0.116. The molecule has 0 atom stereocenters. The second-order valence-corrected chi connectivity index (χ2v) is 4.59. The fraction of sp³-hybridized carbons (Fsp3) is 0.176. The molecular formula is C17H17NO4. The quantitative estimate of drug-likeness (QED) is 0.868. The molecule has 0 bridgehead atoms. The fourth-order valence-electron chi connectivity index (χ4n) is 1.93. The number of carbonyl (C=O) groups excluding carboxylic acids is 2. The van der Waals surface area contributed by atoms with Gasteiger partial charge in [0.1, 0.15) is 12.4 Å². The Morgan fingerprint density at radius 2 is 1.64 bits per heavy atom. The molecule has 5 nitrogen and oxygen atoms in total. The topological polar surface area (TPSA) is 55.8 Å². The van der Waals surface area contributed by atoms with Gasteiger partial charge in [0.2, 0.25) is 5.91 Å². The third-order valence-electron chi connectivity index (χ3n) is 3.03. The average molecular weight is 299 g/mol. The van der Waals surface area contributed by atoms with Gasteiger partial charge in [-0.25, -0.2) is 9.69 Å². The molecule has 0 N–H and O–H groups in total. The zero-order valence-electron chi connectivity index (χ0n) is 12.5. The third kappa shape index (κ3) is 3.85. The Bertz CT molecular complexity index is 637. The smallest absolute Gasteiger partial charge is 0.421 e. The van der Waals surface area contributed by atoms with Gasteiger partial charge in [0.05, 0.1) is 12.8 Å². The van der Waals surface area contributed by atoms with E-state index in [4.69, 9.17) is 9.47 Å². The summed E-state index contributed by atoms with van der Waals surface area (Å²) in [5.41, 5.74) is 1.29. The van der Waals surface area contributed by atoms with Crippen LogP contribution in [0.4, 0.5) is 10.5 Å². The SMILES string of the molecule is COc1ccc(N(C(C)=O)C(=O)OCc2ccccc2)cc1. The van der Waals surface area contributed by atoms with Crippen LogP contribution in [0, 0.1) is 0 Å². The van der Waals surface area contributed by atoms with Crippen LogP contribution in [0.15, 0.2) is 54.6 Å². The Morgan fingerprint density at radius 1 is 1.00 bits per heavy atom. The second kappa shape index (κ2) is 7.26. The first-order valence-electron chi connectivity index (χ1n) is 6.77. The minimum absolute atomic E-state index is 0.111. The van der Waals surface area contributed by atoms with E-state index >= 15 is 0 Å². The number of ether oxygens (including phenoxy) is 2. The summed E-state index contributed by atoms with van der Waals surface area (Å²) in [6, 6.07) is 15.9. The molecule has 2 aromatic carbocycles. The maximum absolute atomic E-state index is 12.2. The van der Waals surface area contributed by atoms with E-state index in [9.17, 15) is 9.59 Å². The summed E-state index contributed by atoms with van der Waals surface area (Å²) in [7, 11) is 1.55. The highest BCUT2D eigenvalue weighted by atomic mass is 16.6. The van der Waals surface area contributed by atoms with E-state index in [2.05, 4.69) is 0 Å². The van der Waals surface area contributed by atoms with Crippen LogP contribution in [-0.4, -0.2) is 19.1 Å². The number of imide groups is 1. The van der Waals surface area contributed by atoms with E-state index in [-0.39, 0.29) is 6.61 Å². The maximum Gasteiger partial charge on any atom is 0.421 e. The summed E-state index contributed by atoms with van der Waals surface area (Å²) in [6.07, 6.45) is -0.707. The van der Waals surface area contributed by atoms with Crippen LogP contribution in [0.5, 0.6) is 5.75 Å². The zero-order chi connectivity index (χ0) is 15.9. The summed E-state index contributed by atoms with van der Waals surface area (Å²) in [4.78, 5) is 24.9. The van der Waals surface area contributed by atoms with Gasteiger partial charge >= 0.3 is 6.09 Å². The van der Waals surface area contributed by atoms with Crippen molar-refractivity contribution in [2.24, 2.45) is 0 Å². The number of anilines is 1. The number of hydrogen-bond donors (Lipinski definition) is 0. The van der Waals surface area contributed by atoms with Gasteiger partial charge in [-0.3, -0.25) is 4.79 Å². The molecule has 5 heteroatoms. The van der Waals surface area contributed by atoms with Crippen molar-refractivity contribution < 1.29 is 19.1 Å². The molecule has 2 aromatic rings. The molecule has 0 heterocycles. The van der Waals surface area contributed by atoms with Crippen LogP contribution >= 0.6 is 0 Å². The van der Waals surface area contributed by atoms with Crippen LogP contribution < -0.4 is 9.64 Å². The lowest BCUT2D eigenvalue weighted by Crippen LogP contribution is -2.35. The molecule has 0 spiro atoms. The van der Waals surface area contributed by atoms with Crippen LogP contribution in [0.3, 0.4) is 0 Å². The van der Waals surface area contributed by atoms with Gasteiger partial charge in [-0.15, -0.1) is 0 Å². The Kier molecular flexibility index (Phi) is 5.14. The number of amides is 2. The first kappa shape index (κ1) is 15.6. The van der Waals surface area contributed by atoms with Crippen LogP contribution in [0.2, 0.25) is 0 Å². The van der Waals surface area contributed by atoms with Gasteiger partial charge < -0.3 is 9.47 Å². The predicted octanol–water partition coefficient (Wildman–Crippen LogP) is 3.38. The first-order chi connectivity index (χ1) is 10.6. The largest absolute Gasteiger partial charge is 0.497 e. The average Bonchev–Trinajstić information content (AvgIpc) is 2.54. The van der Waals surface area contributed by atoms with E-state index < -0.39 is 12.0 Å². The maximum atomic E-state index is 12.2. The number of benzene rings is 2. The molecule has 22 heavy (non-hydrogen) atoms. The second-order valence-electron chi connectivity index (χ2n) is 4.59. The third-order valence-corrected chi connectivity index (χ3v) is 3.03. The van der Waals surface area contributed by atoms with Crippen molar-refractivity contribution in [2.75, 3.05) is 12.0 Å². The normalized spacial score (nSPS) is 9.91. The summed E-state index contributed by atoms with van der Waals surface area (Å²) in [5.74, 6) is 0.230. The van der Waals surface area contributed by atoms with Crippen molar-refractivity contribution >= 4 is 17.7 Å². The van der Waals surface area contributed by atoms with E-state index in [0.717, 1.165) is 10.5 Å². The van der Waals surface area contributed by atoms with Gasteiger partial charge in [0, 0.05) is 6.92 Å². The summed E-state index contributed by atoms with van der Waals surface area (Å²) in [5, 5.41) is 0. The van der Waals surface area contributed by atoms with Crippen LogP contribution in [0.1, 0.15) is 12.5 Å². The van der Waals surface area contributed by atoms with Gasteiger partial charge in [0.25, 0.3) is 0 Å². The van der Waals surface area contributed by atoms with Gasteiger partial charge in [0.15, 0.2) is 0 Å². The summed E-state index contributed by atoms with van der Waals surface area (Å²) in [6.45, 7) is 1.42. The molecular weight excluding hydrogens is 282 g/mol. The van der Waals surface area contributed by atoms with Crippen molar-refractivity contribution in [2.45, 2.75) is 13.5 Å². The molecule has 0 aliphatic rings. The molecule has 0 aliphatic heterocycles. The highest BCUT2D eigenvalue weighted by Crippen LogP contribution is 2.20. The minimum Gasteiger partial charge on any atom is -0.497 e. The number of nitrogens with zero attached hydrogens (tertiary/aromatic N) is 1. The van der Waals surface area contributed by atoms with Gasteiger partial charge in [-0.1, -0.05) is 30.3 Å². The fourth-order valence-corrected chi connectivity index (χ4v) is 1.93. The Labute approximate surface area is 129 Å². The van der Waals surface area contributed by atoms with Crippen molar-refractivity contribution in [3.05, 3.63) is 60.2 Å². The molecule has 0 aliphatic carbocycles. The highest BCUT2D eigenvalue weighted by molar-refractivity contribution is 6.11. The summed E-state index contributed by atoms with van der Waals surface area (Å²) < 4.78 is 10.3. The van der Waals surface area contributed by atoms with Crippen LogP contribution in [-0.2, 0) is 16.1 Å². The molecule has 2 amide bonds. The molecule has 0 radical (unpaired) electrons. The molecule has 0 saturated heterocycles. The molecule has 0 fully saturated rings. The lowest BCUT2D eigenvalue weighted by Gasteiger charge is -2.19. The van der Waals surface area contributed by atoms with Crippen LogP contribution in [0.25, 0.3) is 0 Å². The lowest BCUT2D eigenvalue weighted by atomic mass is 10.2. The number of carbonyl (C=O) groups is 2. The molecule has 0 saturated carbocycles. The molecule has 0 aromatic heterocycles. The molecule has 114 valence electrons. The Balaban J connectivity index is 2.09. The molecule has 0 unspecified atom stereocenters. The zero-order valence-corrected chi connectivity index (χ0v) is 12.5. The van der Waals surface area contributed by atoms with Crippen molar-refractivity contribution in [1.29, 1.82) is 0 Å². The van der Waals surface area contributed by atoms with Gasteiger partial charge in [-0.2, -0.15) is 0 Å². The highest BCUT2D eigenvalue weighted by Gasteiger charge is 2.21. The van der Waals surface area contributed by atoms with E-state index in [1.807, 2.05) is 30.3 Å². The Hall–Kier alpha value is -2.82. The van der Waals surface area contributed by atoms with Crippen molar-refractivity contribution in [3.63, 3.8) is 0 Å². The van der Waals surface area contributed by atoms with Crippen molar-refractivity contribution in [3.8, 4) is 5.75 Å². The predicted molar refractivity (Wildman–Crippen MR) is 82.8 cm³/mol. The number of hydrogen-bond acceptors (Lipinski definition) is 4. The monoisotopic (exact) mass is 299 g/mol. The standard InChI is InChI=1S/C17H17NO4/c1-13(19)18(15-8-10-16(21-2)11-9-15)17(20)22-12-14-6-4-3-5-7-14/h3-11H,12H2,1-2H3. The van der Waals surface area contributed by atoms with Gasteiger partial charge in [-0.05, 0) is 29.8 Å². The minimum atomic E-state index is -0.707. The van der Waals surface area contributed by atoms with Crippen molar-refractivity contribution in [1.82, 2.24) is 0 Å². The first-order valence-corrected chi connectivity index (χ1v) is 6.77. The van der Waals surface area contributed by atoms with E-state index in [0.29, 0.717) is 11.4 Å². The van der Waals surface area contributed by atoms with E-state index in [1.165, 1.54) is 6.92 Å². The number of rotatable bonds is 4.